The number of amides is 1. The highest BCUT2D eigenvalue weighted by molar-refractivity contribution is 7.99. The fraction of sp³-hybridized carbons (Fsp3) is 0.500. The van der Waals surface area contributed by atoms with Crippen LogP contribution in [0.5, 0.6) is 5.75 Å². The molecule has 0 aromatic heterocycles. The largest absolute Gasteiger partial charge is 0.490 e. The third-order valence-corrected chi connectivity index (χ3v) is 4.05. The van der Waals surface area contributed by atoms with Crippen molar-refractivity contribution in [1.82, 2.24) is 10.2 Å². The molecule has 22 heavy (non-hydrogen) atoms. The van der Waals surface area contributed by atoms with Gasteiger partial charge in [0, 0.05) is 32.0 Å². The van der Waals surface area contributed by atoms with Crippen molar-refractivity contribution in [3.63, 3.8) is 0 Å². The molecule has 0 fully saturated rings. The number of nitro groups is 1. The van der Waals surface area contributed by atoms with Crippen LogP contribution in [0.15, 0.2) is 18.2 Å². The van der Waals surface area contributed by atoms with Crippen LogP contribution in [0.2, 0.25) is 0 Å². The van der Waals surface area contributed by atoms with Crippen molar-refractivity contribution in [2.24, 2.45) is 0 Å². The number of hydrogen-bond acceptors (Lipinski definition) is 6. The van der Waals surface area contributed by atoms with E-state index < -0.39 is 4.92 Å². The summed E-state index contributed by atoms with van der Waals surface area (Å²) in [4.78, 5) is 24.0. The molecule has 0 radical (unpaired) electrons. The minimum atomic E-state index is -0.469. The maximum Gasteiger partial charge on any atom is 0.311 e. The average Bonchev–Trinajstić information content (AvgIpc) is 2.52. The Morgan fingerprint density at radius 2 is 2.23 bits per heavy atom. The standard InChI is InChI=1S/C14H21N3O4S/c1-15-6-7-16(2)14(18)10-22-9-11-4-5-13(21-3)12(8-11)17(19)20/h4-5,8,15H,6-7,9-10H2,1-3H3. The van der Waals surface area contributed by atoms with E-state index in [0.717, 1.165) is 12.1 Å². The molecule has 0 aliphatic heterocycles. The van der Waals surface area contributed by atoms with E-state index in [-0.39, 0.29) is 17.3 Å². The van der Waals surface area contributed by atoms with Gasteiger partial charge in [0.15, 0.2) is 5.75 Å². The lowest BCUT2D eigenvalue weighted by Crippen LogP contribution is -2.33. The number of hydrogen-bond donors (Lipinski definition) is 1. The van der Waals surface area contributed by atoms with E-state index in [0.29, 0.717) is 18.1 Å². The van der Waals surface area contributed by atoms with Gasteiger partial charge in [0.05, 0.1) is 17.8 Å². The molecule has 0 aliphatic carbocycles. The summed E-state index contributed by atoms with van der Waals surface area (Å²) in [5.41, 5.74) is 0.737. The van der Waals surface area contributed by atoms with Gasteiger partial charge in [-0.3, -0.25) is 14.9 Å². The second-order valence-electron chi connectivity index (χ2n) is 4.67. The second-order valence-corrected chi connectivity index (χ2v) is 5.66. The van der Waals surface area contributed by atoms with Gasteiger partial charge in [-0.2, -0.15) is 0 Å². The number of nitro benzene ring substituents is 1. The lowest BCUT2D eigenvalue weighted by Gasteiger charge is -2.16. The Morgan fingerprint density at radius 3 is 2.82 bits per heavy atom. The fourth-order valence-electron chi connectivity index (χ4n) is 1.74. The van der Waals surface area contributed by atoms with Crippen LogP contribution >= 0.6 is 11.8 Å². The van der Waals surface area contributed by atoms with Gasteiger partial charge in [0.1, 0.15) is 0 Å². The van der Waals surface area contributed by atoms with Gasteiger partial charge in [-0.25, -0.2) is 0 Å². The van der Waals surface area contributed by atoms with Gasteiger partial charge < -0.3 is 15.0 Å². The summed E-state index contributed by atoms with van der Waals surface area (Å²) in [5, 5.41) is 13.9. The molecule has 0 heterocycles. The maximum atomic E-state index is 11.9. The van der Waals surface area contributed by atoms with Crippen LogP contribution in [0.25, 0.3) is 0 Å². The van der Waals surface area contributed by atoms with Crippen LogP contribution < -0.4 is 10.1 Å². The van der Waals surface area contributed by atoms with E-state index in [1.807, 2.05) is 7.05 Å². The first-order valence-electron chi connectivity index (χ1n) is 6.77. The molecule has 8 heteroatoms. The van der Waals surface area contributed by atoms with E-state index in [4.69, 9.17) is 4.74 Å². The molecular weight excluding hydrogens is 306 g/mol. The molecule has 0 atom stereocenters. The zero-order valence-electron chi connectivity index (χ0n) is 13.0. The van der Waals surface area contributed by atoms with Gasteiger partial charge in [0.25, 0.3) is 0 Å². The number of thioether (sulfide) groups is 1. The minimum absolute atomic E-state index is 0.0447. The maximum absolute atomic E-state index is 11.9. The lowest BCUT2D eigenvalue weighted by atomic mass is 10.2. The monoisotopic (exact) mass is 327 g/mol. The molecule has 0 unspecified atom stereocenters. The van der Waals surface area contributed by atoms with E-state index in [1.54, 1.807) is 24.1 Å². The van der Waals surface area contributed by atoms with Gasteiger partial charge in [-0.15, -0.1) is 11.8 Å². The van der Waals surface area contributed by atoms with Gasteiger partial charge in [-0.05, 0) is 18.7 Å². The SMILES string of the molecule is CNCCN(C)C(=O)CSCc1ccc(OC)c([N+](=O)[O-])c1. The highest BCUT2D eigenvalue weighted by Crippen LogP contribution is 2.28. The van der Waals surface area contributed by atoms with Crippen LogP contribution in [0.4, 0.5) is 5.69 Å². The Labute approximate surface area is 134 Å². The fourth-order valence-corrected chi connectivity index (χ4v) is 2.65. The van der Waals surface area contributed by atoms with Crippen molar-refractivity contribution >= 4 is 23.4 Å². The van der Waals surface area contributed by atoms with Crippen LogP contribution in [0.1, 0.15) is 5.56 Å². The quantitative estimate of drug-likeness (QED) is 0.547. The second kappa shape index (κ2) is 9.26. The average molecular weight is 327 g/mol. The molecule has 1 rings (SSSR count). The van der Waals surface area contributed by atoms with Crippen LogP contribution in [-0.4, -0.2) is 55.8 Å². The molecule has 1 aromatic rings. The van der Waals surface area contributed by atoms with Crippen molar-refractivity contribution < 1.29 is 14.5 Å². The number of methoxy groups -OCH3 is 1. The van der Waals surface area contributed by atoms with Crippen molar-refractivity contribution in [1.29, 1.82) is 0 Å². The first-order valence-corrected chi connectivity index (χ1v) is 7.92. The predicted molar refractivity (Wildman–Crippen MR) is 87.4 cm³/mol. The lowest BCUT2D eigenvalue weighted by molar-refractivity contribution is -0.385. The number of rotatable bonds is 9. The molecule has 0 saturated carbocycles. The summed E-state index contributed by atoms with van der Waals surface area (Å²) in [7, 11) is 5.00. The first-order chi connectivity index (χ1) is 10.5. The molecule has 122 valence electrons. The molecule has 0 spiro atoms. The van der Waals surface area contributed by atoms with E-state index >= 15 is 0 Å². The van der Waals surface area contributed by atoms with Crippen molar-refractivity contribution in [3.05, 3.63) is 33.9 Å². The number of carbonyl (C=O) groups excluding carboxylic acids is 1. The predicted octanol–water partition coefficient (Wildman–Crippen LogP) is 1.51. The van der Waals surface area contributed by atoms with E-state index in [9.17, 15) is 14.9 Å². The summed E-state index contributed by atoms with van der Waals surface area (Å²) < 4.78 is 4.96. The molecular formula is C14H21N3O4S. The zero-order valence-corrected chi connectivity index (χ0v) is 13.8. The van der Waals surface area contributed by atoms with Crippen molar-refractivity contribution in [2.45, 2.75) is 5.75 Å². The van der Waals surface area contributed by atoms with E-state index in [1.165, 1.54) is 24.9 Å². The summed E-state index contributed by atoms with van der Waals surface area (Å²) in [6.45, 7) is 1.40. The molecule has 0 bridgehead atoms. The van der Waals surface area contributed by atoms with Crippen molar-refractivity contribution in [3.8, 4) is 5.75 Å². The Hall–Kier alpha value is -1.80. The summed E-state index contributed by atoms with van der Waals surface area (Å²) >= 11 is 1.44. The number of carbonyl (C=O) groups is 1. The number of nitrogens with zero attached hydrogens (tertiary/aromatic N) is 2. The molecule has 7 nitrogen and oxygen atoms in total. The van der Waals surface area contributed by atoms with Crippen LogP contribution in [0, 0.1) is 10.1 Å². The first kappa shape index (κ1) is 18.2. The van der Waals surface area contributed by atoms with Crippen molar-refractivity contribution in [2.75, 3.05) is 40.0 Å². The van der Waals surface area contributed by atoms with Gasteiger partial charge >= 0.3 is 5.69 Å². The Bertz CT molecular complexity index is 525. The third-order valence-electron chi connectivity index (χ3n) is 3.06. The molecule has 1 N–H and O–H groups in total. The molecule has 0 saturated heterocycles. The minimum Gasteiger partial charge on any atom is -0.490 e. The number of ether oxygens (including phenoxy) is 1. The summed E-state index contributed by atoms with van der Waals surface area (Å²) in [6.07, 6.45) is 0. The van der Waals surface area contributed by atoms with Gasteiger partial charge in [-0.1, -0.05) is 6.07 Å². The Morgan fingerprint density at radius 1 is 1.50 bits per heavy atom. The molecule has 0 aliphatic rings. The highest BCUT2D eigenvalue weighted by Gasteiger charge is 2.15. The topological polar surface area (TPSA) is 84.7 Å². The van der Waals surface area contributed by atoms with Crippen LogP contribution in [-0.2, 0) is 10.5 Å². The molecule has 1 aromatic carbocycles. The molecule has 1 amide bonds. The highest BCUT2D eigenvalue weighted by atomic mass is 32.2. The van der Waals surface area contributed by atoms with Gasteiger partial charge in [0.2, 0.25) is 5.91 Å². The number of nitrogens with one attached hydrogen (secondary N) is 1. The third kappa shape index (κ3) is 5.53. The number of likely N-dealkylation sites (N-methyl/N-ethyl adjacent to an activating group) is 2. The Kier molecular flexibility index (Phi) is 7.69. The smallest absolute Gasteiger partial charge is 0.311 e. The summed E-state index contributed by atoms with van der Waals surface area (Å²) in [5.74, 6) is 1.17. The van der Waals surface area contributed by atoms with E-state index in [2.05, 4.69) is 5.32 Å². The van der Waals surface area contributed by atoms with Crippen LogP contribution in [0.3, 0.4) is 0 Å². The zero-order chi connectivity index (χ0) is 16.5. The summed E-state index contributed by atoms with van der Waals surface area (Å²) in [6, 6.07) is 4.84. The normalized spacial score (nSPS) is 10.3. The number of benzene rings is 1. The Balaban J connectivity index is 2.53.